The Bertz CT molecular complexity index is 590. The van der Waals surface area contributed by atoms with Crippen molar-refractivity contribution < 1.29 is 23.1 Å². The molecule has 0 radical (unpaired) electrons. The summed E-state index contributed by atoms with van der Waals surface area (Å²) in [7, 11) is 0. The Kier molecular flexibility index (Phi) is 3.81. The predicted molar refractivity (Wildman–Crippen MR) is 66.2 cm³/mol. The third-order valence-electron chi connectivity index (χ3n) is 2.82. The Morgan fingerprint density at radius 2 is 2.15 bits per heavy atom. The van der Waals surface area contributed by atoms with E-state index in [9.17, 15) is 23.1 Å². The van der Waals surface area contributed by atoms with E-state index in [0.29, 0.717) is 18.5 Å². The van der Waals surface area contributed by atoms with E-state index in [-0.39, 0.29) is 5.56 Å². The highest BCUT2D eigenvalue weighted by atomic mass is 32.2. The van der Waals surface area contributed by atoms with Crippen LogP contribution in [0.5, 0.6) is 5.75 Å². The highest BCUT2D eigenvalue weighted by Gasteiger charge is 2.36. The molecule has 20 heavy (non-hydrogen) atoms. The number of thioether (sulfide) groups is 1. The van der Waals surface area contributed by atoms with Gasteiger partial charge in [-0.15, -0.1) is 11.8 Å². The minimum absolute atomic E-state index is 0.242. The number of nitriles is 1. The van der Waals surface area contributed by atoms with Gasteiger partial charge in [-0.1, -0.05) is 0 Å². The van der Waals surface area contributed by atoms with Crippen molar-refractivity contribution in [3.63, 3.8) is 0 Å². The average Bonchev–Trinajstić information content (AvgIpc) is 2.90. The van der Waals surface area contributed by atoms with Crippen LogP contribution in [0, 0.1) is 11.3 Å². The summed E-state index contributed by atoms with van der Waals surface area (Å²) in [5.41, 5.74) is -2.17. The van der Waals surface area contributed by atoms with Crippen LogP contribution >= 0.6 is 11.8 Å². The second kappa shape index (κ2) is 5.25. The molecule has 8 heteroatoms. The van der Waals surface area contributed by atoms with Crippen molar-refractivity contribution in [1.29, 1.82) is 5.26 Å². The number of halogens is 3. The van der Waals surface area contributed by atoms with Gasteiger partial charge in [0, 0.05) is 17.9 Å². The molecule has 106 valence electrons. The molecule has 1 aliphatic rings. The molecule has 0 aromatic heterocycles. The molecule has 1 saturated heterocycles. The van der Waals surface area contributed by atoms with Gasteiger partial charge >= 0.3 is 6.18 Å². The molecule has 4 nitrogen and oxygen atoms in total. The van der Waals surface area contributed by atoms with Crippen molar-refractivity contribution in [2.45, 2.75) is 6.18 Å². The van der Waals surface area contributed by atoms with Crippen LogP contribution in [-0.4, -0.2) is 34.1 Å². The minimum Gasteiger partial charge on any atom is -0.506 e. The van der Waals surface area contributed by atoms with Crippen LogP contribution < -0.4 is 0 Å². The zero-order valence-electron chi connectivity index (χ0n) is 10.1. The summed E-state index contributed by atoms with van der Waals surface area (Å²) in [6.07, 6.45) is -4.83. The SMILES string of the molecule is N#Cc1cc(C(=O)N2CCSC2)cc(C(F)(F)F)c1O. The number of amides is 1. The summed E-state index contributed by atoms with van der Waals surface area (Å²) >= 11 is 1.50. The molecule has 0 spiro atoms. The van der Waals surface area contributed by atoms with Crippen molar-refractivity contribution in [3.8, 4) is 11.8 Å². The quantitative estimate of drug-likeness (QED) is 0.865. The number of rotatable bonds is 1. The van der Waals surface area contributed by atoms with E-state index in [2.05, 4.69) is 0 Å². The fourth-order valence-corrected chi connectivity index (χ4v) is 2.76. The van der Waals surface area contributed by atoms with Gasteiger partial charge in [-0.05, 0) is 12.1 Å². The number of phenols is 1. The molecule has 0 atom stereocenters. The lowest BCUT2D eigenvalue weighted by atomic mass is 10.0. The van der Waals surface area contributed by atoms with Gasteiger partial charge in [0.05, 0.1) is 17.0 Å². The van der Waals surface area contributed by atoms with Gasteiger partial charge in [0.15, 0.2) is 0 Å². The fraction of sp³-hybridized carbons (Fsp3) is 0.333. The number of aromatic hydroxyl groups is 1. The molecule has 0 unspecified atom stereocenters. The molecule has 1 fully saturated rings. The average molecular weight is 302 g/mol. The Hall–Kier alpha value is -1.88. The lowest BCUT2D eigenvalue weighted by molar-refractivity contribution is -0.138. The Morgan fingerprint density at radius 1 is 1.45 bits per heavy atom. The number of carbonyl (C=O) groups excluding carboxylic acids is 1. The number of nitrogens with zero attached hydrogens (tertiary/aromatic N) is 2. The summed E-state index contributed by atoms with van der Waals surface area (Å²) in [5.74, 6) is -0.589. The van der Waals surface area contributed by atoms with Crippen LogP contribution in [-0.2, 0) is 6.18 Å². The smallest absolute Gasteiger partial charge is 0.420 e. The third-order valence-corrected chi connectivity index (χ3v) is 3.79. The molecule has 1 aliphatic heterocycles. The second-order valence-electron chi connectivity index (χ2n) is 4.14. The van der Waals surface area contributed by atoms with E-state index < -0.39 is 29.0 Å². The molecule has 0 aliphatic carbocycles. The highest BCUT2D eigenvalue weighted by Crippen LogP contribution is 2.38. The Morgan fingerprint density at radius 3 is 2.65 bits per heavy atom. The second-order valence-corrected chi connectivity index (χ2v) is 5.21. The molecule has 1 heterocycles. The summed E-state index contributed by atoms with van der Waals surface area (Å²) in [4.78, 5) is 13.5. The maximum absolute atomic E-state index is 12.8. The van der Waals surface area contributed by atoms with Crippen LogP contribution in [0.15, 0.2) is 12.1 Å². The first-order valence-corrected chi connectivity index (χ1v) is 6.71. The molecule has 1 aromatic carbocycles. The van der Waals surface area contributed by atoms with Crippen LogP contribution in [0.2, 0.25) is 0 Å². The van der Waals surface area contributed by atoms with Gasteiger partial charge < -0.3 is 10.0 Å². The van der Waals surface area contributed by atoms with Gasteiger partial charge in [0.25, 0.3) is 5.91 Å². The zero-order chi connectivity index (χ0) is 14.9. The van der Waals surface area contributed by atoms with Crippen LogP contribution in [0.25, 0.3) is 0 Å². The first kappa shape index (κ1) is 14.5. The minimum atomic E-state index is -4.83. The molecular formula is C12H9F3N2O2S. The molecule has 0 saturated carbocycles. The molecule has 2 rings (SSSR count). The van der Waals surface area contributed by atoms with E-state index in [1.165, 1.54) is 22.7 Å². The van der Waals surface area contributed by atoms with E-state index in [4.69, 9.17) is 5.26 Å². The van der Waals surface area contributed by atoms with Crippen LogP contribution in [0.4, 0.5) is 13.2 Å². The molecule has 1 aromatic rings. The molecule has 1 amide bonds. The predicted octanol–water partition coefficient (Wildman–Crippen LogP) is 2.43. The van der Waals surface area contributed by atoms with Gasteiger partial charge in [0.2, 0.25) is 0 Å². The number of hydrogen-bond donors (Lipinski definition) is 1. The normalized spacial score (nSPS) is 15.2. The number of phenolic OH excluding ortho intramolecular Hbond substituents is 1. The van der Waals surface area contributed by atoms with Gasteiger partial charge in [0.1, 0.15) is 11.8 Å². The summed E-state index contributed by atoms with van der Waals surface area (Å²) < 4.78 is 38.4. The van der Waals surface area contributed by atoms with E-state index in [0.717, 1.165) is 11.8 Å². The number of hydrogen-bond acceptors (Lipinski definition) is 4. The Balaban J connectivity index is 2.49. The van der Waals surface area contributed by atoms with Crippen LogP contribution in [0.1, 0.15) is 21.5 Å². The molecule has 0 bridgehead atoms. The first-order chi connectivity index (χ1) is 9.34. The number of benzene rings is 1. The van der Waals surface area contributed by atoms with Crippen molar-refractivity contribution in [2.24, 2.45) is 0 Å². The maximum Gasteiger partial charge on any atom is 0.420 e. The highest BCUT2D eigenvalue weighted by molar-refractivity contribution is 7.99. The van der Waals surface area contributed by atoms with Crippen molar-refractivity contribution >= 4 is 17.7 Å². The van der Waals surface area contributed by atoms with E-state index in [1.807, 2.05) is 0 Å². The van der Waals surface area contributed by atoms with Crippen molar-refractivity contribution in [1.82, 2.24) is 4.90 Å². The van der Waals surface area contributed by atoms with E-state index >= 15 is 0 Å². The third kappa shape index (κ3) is 2.67. The van der Waals surface area contributed by atoms with Gasteiger partial charge in [-0.2, -0.15) is 18.4 Å². The zero-order valence-corrected chi connectivity index (χ0v) is 10.9. The summed E-state index contributed by atoms with van der Waals surface area (Å²) in [5, 5.41) is 18.2. The lowest BCUT2D eigenvalue weighted by Crippen LogP contribution is -2.28. The standard InChI is InChI=1S/C12H9F3N2O2S/c13-12(14,15)9-4-7(3-8(5-16)10(9)18)11(19)17-1-2-20-6-17/h3-4,18H,1-2,6H2. The van der Waals surface area contributed by atoms with Crippen molar-refractivity contribution in [2.75, 3.05) is 18.2 Å². The Labute approximate surface area is 116 Å². The van der Waals surface area contributed by atoms with Crippen LogP contribution in [0.3, 0.4) is 0 Å². The molecular weight excluding hydrogens is 293 g/mol. The maximum atomic E-state index is 12.8. The van der Waals surface area contributed by atoms with Gasteiger partial charge in [-0.3, -0.25) is 4.79 Å². The van der Waals surface area contributed by atoms with Gasteiger partial charge in [-0.25, -0.2) is 0 Å². The fourth-order valence-electron chi connectivity index (χ4n) is 1.82. The first-order valence-electron chi connectivity index (χ1n) is 5.56. The van der Waals surface area contributed by atoms with Crippen molar-refractivity contribution in [3.05, 3.63) is 28.8 Å². The monoisotopic (exact) mass is 302 g/mol. The summed E-state index contributed by atoms with van der Waals surface area (Å²) in [6, 6.07) is 3.03. The largest absolute Gasteiger partial charge is 0.506 e. The number of carbonyl (C=O) groups is 1. The van der Waals surface area contributed by atoms with E-state index in [1.54, 1.807) is 0 Å². The number of alkyl halides is 3. The summed E-state index contributed by atoms with van der Waals surface area (Å²) in [6.45, 7) is 0.452. The molecule has 1 N–H and O–H groups in total. The lowest BCUT2D eigenvalue weighted by Gasteiger charge is -2.17. The topological polar surface area (TPSA) is 64.3 Å².